The Bertz CT molecular complexity index is 141. The smallest absolute Gasteiger partial charge is 0.0780 e. The van der Waals surface area contributed by atoms with Crippen LogP contribution in [0.3, 0.4) is 0 Å². The molecule has 0 rings (SSSR count). The summed E-state index contributed by atoms with van der Waals surface area (Å²) in [6, 6.07) is 0. The van der Waals surface area contributed by atoms with Crippen LogP contribution in [0.25, 0.3) is 0 Å². The van der Waals surface area contributed by atoms with Gasteiger partial charge in [-0.15, -0.1) is 0 Å². The number of unbranched alkanes of at least 4 members (excludes halogenated alkanes) is 5. The molecular weight excluding hydrogens is 200 g/mol. The van der Waals surface area contributed by atoms with Crippen molar-refractivity contribution in [2.45, 2.75) is 38.5 Å². The first kappa shape index (κ1) is 18.3. The van der Waals surface area contributed by atoms with Gasteiger partial charge in [-0.25, -0.2) is 0 Å². The van der Waals surface area contributed by atoms with E-state index in [0.29, 0.717) is 0 Å². The second-order valence-electron chi connectivity index (χ2n) is 5.94. The lowest BCUT2D eigenvalue weighted by Gasteiger charge is -2.23. The second kappa shape index (κ2) is 10.1. The van der Waals surface area contributed by atoms with E-state index in [1.807, 2.05) is 0 Å². The highest BCUT2D eigenvalue weighted by Gasteiger charge is 2.04. The summed E-state index contributed by atoms with van der Waals surface area (Å²) in [7, 11) is 11.1. The average Bonchev–Trinajstić information content (AvgIpc) is 2.07. The van der Waals surface area contributed by atoms with E-state index in [0.717, 1.165) is 4.48 Å². The van der Waals surface area contributed by atoms with Crippen molar-refractivity contribution < 1.29 is 9.96 Å². The van der Waals surface area contributed by atoms with E-state index < -0.39 is 0 Å². The maximum Gasteiger partial charge on any atom is 0.0780 e. The SMILES string of the molecule is CN(C)CCCCCCCC[N+](C)(C)C.[OH-]. The molecule has 0 heterocycles. The third-order valence-electron chi connectivity index (χ3n) is 2.68. The zero-order valence-electron chi connectivity index (χ0n) is 12.0. The van der Waals surface area contributed by atoms with Gasteiger partial charge < -0.3 is 14.9 Å². The number of quaternary nitrogens is 1. The molecule has 0 radical (unpaired) electrons. The van der Waals surface area contributed by atoms with Gasteiger partial charge in [-0.1, -0.05) is 19.3 Å². The molecule has 0 saturated heterocycles. The van der Waals surface area contributed by atoms with E-state index >= 15 is 0 Å². The molecule has 0 saturated carbocycles. The maximum atomic E-state index is 2.27. The Morgan fingerprint density at radius 3 is 1.62 bits per heavy atom. The monoisotopic (exact) mass is 232 g/mol. The molecule has 0 amide bonds. The number of hydrogen-bond donors (Lipinski definition) is 0. The Kier molecular flexibility index (Phi) is 11.5. The standard InChI is InChI=1S/C13H31N2.H2O/c1-14(2)12-10-8-6-7-9-11-13-15(3,4)5;/h6-13H2,1-5H3;1H2/q+1;/p-1. The van der Waals surface area contributed by atoms with Gasteiger partial charge in [0.15, 0.2) is 0 Å². The molecule has 0 aromatic carbocycles. The lowest BCUT2D eigenvalue weighted by atomic mass is 10.1. The predicted octanol–water partition coefficient (Wildman–Crippen LogP) is 2.42. The Labute approximate surface area is 102 Å². The molecule has 0 spiro atoms. The van der Waals surface area contributed by atoms with Gasteiger partial charge in [-0.3, -0.25) is 0 Å². The van der Waals surface area contributed by atoms with E-state index in [1.54, 1.807) is 0 Å². The van der Waals surface area contributed by atoms with Gasteiger partial charge in [0.05, 0.1) is 27.7 Å². The number of rotatable bonds is 9. The summed E-state index contributed by atoms with van der Waals surface area (Å²) in [5, 5.41) is 0. The lowest BCUT2D eigenvalue weighted by Crippen LogP contribution is -2.35. The highest BCUT2D eigenvalue weighted by atomic mass is 16.0. The zero-order valence-corrected chi connectivity index (χ0v) is 12.0. The van der Waals surface area contributed by atoms with Crippen molar-refractivity contribution in [3.05, 3.63) is 0 Å². The van der Waals surface area contributed by atoms with Gasteiger partial charge in [0.2, 0.25) is 0 Å². The molecule has 0 aliphatic heterocycles. The number of hydrogen-bond acceptors (Lipinski definition) is 2. The van der Waals surface area contributed by atoms with Crippen LogP contribution in [-0.4, -0.2) is 63.2 Å². The minimum Gasteiger partial charge on any atom is -0.870 e. The third-order valence-corrected chi connectivity index (χ3v) is 2.68. The summed E-state index contributed by atoms with van der Waals surface area (Å²) in [6.07, 6.45) is 8.41. The molecule has 0 aliphatic carbocycles. The van der Waals surface area contributed by atoms with Crippen LogP contribution in [0, 0.1) is 0 Å². The normalized spacial score (nSPS) is 11.6. The van der Waals surface area contributed by atoms with Crippen LogP contribution in [0.2, 0.25) is 0 Å². The van der Waals surface area contributed by atoms with Crippen LogP contribution >= 0.6 is 0 Å². The molecule has 0 aromatic rings. The van der Waals surface area contributed by atoms with Gasteiger partial charge in [0.1, 0.15) is 0 Å². The minimum atomic E-state index is 0. The fourth-order valence-electron chi connectivity index (χ4n) is 1.72. The first-order valence-corrected chi connectivity index (χ1v) is 6.37. The summed E-state index contributed by atoms with van der Waals surface area (Å²) >= 11 is 0. The Morgan fingerprint density at radius 2 is 1.19 bits per heavy atom. The third kappa shape index (κ3) is 16.3. The molecule has 0 unspecified atom stereocenters. The zero-order chi connectivity index (χ0) is 11.7. The van der Waals surface area contributed by atoms with Gasteiger partial charge in [0, 0.05) is 0 Å². The van der Waals surface area contributed by atoms with Crippen LogP contribution in [0.4, 0.5) is 0 Å². The molecular formula is C13H32N2O. The fraction of sp³-hybridized carbons (Fsp3) is 1.00. The van der Waals surface area contributed by atoms with E-state index in [2.05, 4.69) is 40.1 Å². The van der Waals surface area contributed by atoms with Crippen LogP contribution in [-0.2, 0) is 0 Å². The van der Waals surface area contributed by atoms with Crippen molar-refractivity contribution in [2.75, 3.05) is 48.3 Å². The largest absolute Gasteiger partial charge is 0.870 e. The summed E-state index contributed by atoms with van der Waals surface area (Å²) in [6.45, 7) is 2.57. The molecule has 1 N–H and O–H groups in total. The Morgan fingerprint density at radius 1 is 0.750 bits per heavy atom. The van der Waals surface area contributed by atoms with Crippen molar-refractivity contribution in [3.63, 3.8) is 0 Å². The molecule has 0 fully saturated rings. The van der Waals surface area contributed by atoms with E-state index in [-0.39, 0.29) is 5.48 Å². The van der Waals surface area contributed by atoms with Crippen molar-refractivity contribution >= 4 is 0 Å². The lowest BCUT2D eigenvalue weighted by molar-refractivity contribution is -0.870. The topological polar surface area (TPSA) is 33.2 Å². The molecule has 0 aliphatic rings. The van der Waals surface area contributed by atoms with Crippen molar-refractivity contribution in [2.24, 2.45) is 0 Å². The average molecular weight is 232 g/mol. The highest BCUT2D eigenvalue weighted by molar-refractivity contribution is 4.48. The van der Waals surface area contributed by atoms with Crippen LogP contribution < -0.4 is 0 Å². The molecule has 16 heavy (non-hydrogen) atoms. The fourth-order valence-corrected chi connectivity index (χ4v) is 1.72. The molecule has 0 bridgehead atoms. The van der Waals surface area contributed by atoms with Gasteiger partial charge in [-0.05, 0) is 39.9 Å². The summed E-state index contributed by atoms with van der Waals surface area (Å²) in [5.41, 5.74) is 0. The minimum absolute atomic E-state index is 0. The van der Waals surface area contributed by atoms with E-state index in [1.165, 1.54) is 51.6 Å². The van der Waals surface area contributed by atoms with Crippen LogP contribution in [0.5, 0.6) is 0 Å². The molecule has 3 nitrogen and oxygen atoms in total. The first-order valence-electron chi connectivity index (χ1n) is 6.37. The number of nitrogens with zero attached hydrogens (tertiary/aromatic N) is 2. The van der Waals surface area contributed by atoms with Crippen molar-refractivity contribution in [1.82, 2.24) is 4.90 Å². The molecule has 0 aromatic heterocycles. The van der Waals surface area contributed by atoms with E-state index in [9.17, 15) is 0 Å². The van der Waals surface area contributed by atoms with Crippen LogP contribution in [0.15, 0.2) is 0 Å². The molecule has 3 heteroatoms. The first-order chi connectivity index (χ1) is 6.92. The van der Waals surface area contributed by atoms with E-state index in [4.69, 9.17) is 0 Å². The van der Waals surface area contributed by atoms with Gasteiger partial charge in [0.25, 0.3) is 0 Å². The molecule has 100 valence electrons. The molecule has 0 atom stereocenters. The Balaban J connectivity index is 0. The van der Waals surface area contributed by atoms with Gasteiger partial charge >= 0.3 is 0 Å². The summed E-state index contributed by atoms with van der Waals surface area (Å²) in [5.74, 6) is 0. The Hall–Kier alpha value is -0.120. The van der Waals surface area contributed by atoms with Gasteiger partial charge in [-0.2, -0.15) is 0 Å². The predicted molar refractivity (Wildman–Crippen MR) is 71.1 cm³/mol. The quantitative estimate of drug-likeness (QED) is 0.452. The summed E-state index contributed by atoms with van der Waals surface area (Å²) < 4.78 is 1.11. The highest BCUT2D eigenvalue weighted by Crippen LogP contribution is 2.07. The van der Waals surface area contributed by atoms with Crippen LogP contribution in [0.1, 0.15) is 38.5 Å². The summed E-state index contributed by atoms with van der Waals surface area (Å²) in [4.78, 5) is 2.27. The maximum absolute atomic E-state index is 2.27. The second-order valence-corrected chi connectivity index (χ2v) is 5.94. The van der Waals surface area contributed by atoms with Crippen molar-refractivity contribution in [3.8, 4) is 0 Å². The van der Waals surface area contributed by atoms with Crippen molar-refractivity contribution in [1.29, 1.82) is 0 Å².